The number of piperidine rings is 1. The van der Waals surface area contributed by atoms with Gasteiger partial charge in [0, 0.05) is 35.4 Å². The van der Waals surface area contributed by atoms with Crippen LogP contribution in [0.25, 0.3) is 10.9 Å². The molecule has 2 N–H and O–H groups in total. The molecule has 0 saturated carbocycles. The third kappa shape index (κ3) is 4.62. The number of carbonyl (C=O) groups is 2. The summed E-state index contributed by atoms with van der Waals surface area (Å²) in [5.41, 5.74) is 2.28. The lowest BCUT2D eigenvalue weighted by Gasteiger charge is -2.30. The number of benzene rings is 2. The quantitative estimate of drug-likeness (QED) is 0.664. The van der Waals surface area contributed by atoms with Crippen molar-refractivity contribution in [3.8, 4) is 0 Å². The van der Waals surface area contributed by atoms with E-state index in [9.17, 15) is 9.59 Å². The molecule has 29 heavy (non-hydrogen) atoms. The summed E-state index contributed by atoms with van der Waals surface area (Å²) in [5, 5.41) is 4.44. The van der Waals surface area contributed by atoms with Gasteiger partial charge in [-0.2, -0.15) is 0 Å². The zero-order valence-electron chi connectivity index (χ0n) is 16.2. The number of fused-ring (bicyclic) bond motifs is 1. The molecule has 1 aliphatic heterocycles. The van der Waals surface area contributed by atoms with Gasteiger partial charge in [-0.1, -0.05) is 41.9 Å². The van der Waals surface area contributed by atoms with Crippen LogP contribution < -0.4 is 5.32 Å². The van der Waals surface area contributed by atoms with Gasteiger partial charge in [0.05, 0.1) is 0 Å². The lowest BCUT2D eigenvalue weighted by molar-refractivity contribution is -0.134. The van der Waals surface area contributed by atoms with Crippen molar-refractivity contribution in [3.63, 3.8) is 0 Å². The molecule has 5 nitrogen and oxygen atoms in total. The highest BCUT2D eigenvalue weighted by Gasteiger charge is 2.28. The number of H-pyrrole nitrogens is 1. The fraction of sp³-hybridized carbons (Fsp3) is 0.304. The van der Waals surface area contributed by atoms with E-state index < -0.39 is 6.04 Å². The molecule has 1 aliphatic rings. The number of likely N-dealkylation sites (tertiary alicyclic amines) is 1. The second-order valence-corrected chi connectivity index (χ2v) is 7.95. The van der Waals surface area contributed by atoms with E-state index in [1.165, 1.54) is 0 Å². The number of amides is 2. The maximum Gasteiger partial charge on any atom is 0.268 e. The molecule has 0 bridgehead atoms. The molecule has 1 unspecified atom stereocenters. The lowest BCUT2D eigenvalue weighted by Crippen LogP contribution is -2.51. The molecule has 1 aromatic heterocycles. The molecule has 6 heteroatoms. The molecule has 3 aromatic rings. The molecule has 4 rings (SSSR count). The molecule has 2 heterocycles. The first-order chi connectivity index (χ1) is 14.1. The molecule has 1 atom stereocenters. The summed E-state index contributed by atoms with van der Waals surface area (Å²) in [6, 6.07) is 16.4. The van der Waals surface area contributed by atoms with Crippen LogP contribution in [0.15, 0.2) is 54.6 Å². The summed E-state index contributed by atoms with van der Waals surface area (Å²) in [5.74, 6) is -0.301. The minimum Gasteiger partial charge on any atom is -0.351 e. The molecule has 150 valence electrons. The van der Waals surface area contributed by atoms with Gasteiger partial charge in [-0.25, -0.2) is 0 Å². The van der Waals surface area contributed by atoms with Crippen LogP contribution in [-0.2, 0) is 11.2 Å². The molecule has 0 spiro atoms. The predicted octanol–water partition coefficient (Wildman–Crippen LogP) is 4.17. The lowest BCUT2D eigenvalue weighted by atomic mass is 10.0. The van der Waals surface area contributed by atoms with E-state index in [2.05, 4.69) is 10.3 Å². The Balaban J connectivity index is 1.55. The molecule has 0 aliphatic carbocycles. The Kier molecular flexibility index (Phi) is 5.86. The van der Waals surface area contributed by atoms with Gasteiger partial charge in [-0.15, -0.1) is 0 Å². The Morgan fingerprint density at radius 1 is 1.03 bits per heavy atom. The van der Waals surface area contributed by atoms with E-state index in [1.807, 2.05) is 47.4 Å². The zero-order valence-corrected chi connectivity index (χ0v) is 16.9. The van der Waals surface area contributed by atoms with E-state index in [4.69, 9.17) is 11.6 Å². The van der Waals surface area contributed by atoms with Crippen LogP contribution in [0.4, 0.5) is 0 Å². The summed E-state index contributed by atoms with van der Waals surface area (Å²) in [6.45, 7) is 1.51. The number of halogens is 1. The molecule has 0 radical (unpaired) electrons. The molecule has 2 amide bonds. The Morgan fingerprint density at radius 3 is 2.55 bits per heavy atom. The predicted molar refractivity (Wildman–Crippen MR) is 115 cm³/mol. The number of nitrogens with one attached hydrogen (secondary N) is 2. The Morgan fingerprint density at radius 2 is 1.79 bits per heavy atom. The number of nitrogens with zero attached hydrogens (tertiary/aromatic N) is 1. The Hall–Kier alpha value is -2.79. The molecular formula is C23H24ClN3O2. The van der Waals surface area contributed by atoms with Crippen LogP contribution in [-0.4, -0.2) is 40.8 Å². The normalized spacial score (nSPS) is 15.3. The number of rotatable bonds is 5. The van der Waals surface area contributed by atoms with Crippen molar-refractivity contribution in [2.24, 2.45) is 0 Å². The van der Waals surface area contributed by atoms with Gasteiger partial charge in [0.25, 0.3) is 5.91 Å². The molecule has 2 aromatic carbocycles. The SMILES string of the molecule is O=C(NC(Cc1ccccc1)C(=O)N1CCCCC1)c1cc2cc(Cl)ccc2[nH]1. The first-order valence-electron chi connectivity index (χ1n) is 10.0. The van der Waals surface area contributed by atoms with Gasteiger partial charge in [0.15, 0.2) is 0 Å². The fourth-order valence-electron chi connectivity index (χ4n) is 3.85. The van der Waals surface area contributed by atoms with Crippen molar-refractivity contribution >= 4 is 34.3 Å². The highest BCUT2D eigenvalue weighted by molar-refractivity contribution is 6.31. The van der Waals surface area contributed by atoms with Crippen molar-refractivity contribution in [2.75, 3.05) is 13.1 Å². The second kappa shape index (κ2) is 8.70. The largest absolute Gasteiger partial charge is 0.351 e. The van der Waals surface area contributed by atoms with Gasteiger partial charge in [0.2, 0.25) is 5.91 Å². The van der Waals surface area contributed by atoms with Crippen molar-refractivity contribution in [3.05, 3.63) is 70.9 Å². The fourth-order valence-corrected chi connectivity index (χ4v) is 4.03. The zero-order chi connectivity index (χ0) is 20.2. The van der Waals surface area contributed by atoms with Crippen LogP contribution in [0.1, 0.15) is 35.3 Å². The smallest absolute Gasteiger partial charge is 0.268 e. The third-order valence-corrected chi connectivity index (χ3v) is 5.62. The standard InChI is InChI=1S/C23H24ClN3O2/c24-18-9-10-19-17(14-18)15-20(25-19)22(28)26-21(13-16-7-3-1-4-8-16)23(29)27-11-5-2-6-12-27/h1,3-4,7-10,14-15,21,25H,2,5-6,11-13H2,(H,26,28). The van der Waals surface area contributed by atoms with E-state index in [0.717, 1.165) is 48.8 Å². The molecule has 1 fully saturated rings. The average molecular weight is 410 g/mol. The number of carbonyl (C=O) groups excluding carboxylic acids is 2. The van der Waals surface area contributed by atoms with Crippen molar-refractivity contribution in [1.82, 2.24) is 15.2 Å². The summed E-state index contributed by atoms with van der Waals surface area (Å²) in [7, 11) is 0. The Labute approximate surface area is 175 Å². The minimum atomic E-state index is -0.599. The number of hydrogen-bond acceptors (Lipinski definition) is 2. The maximum absolute atomic E-state index is 13.2. The van der Waals surface area contributed by atoms with Gasteiger partial charge in [0.1, 0.15) is 11.7 Å². The van der Waals surface area contributed by atoms with Crippen LogP contribution >= 0.6 is 11.6 Å². The minimum absolute atomic E-state index is 0.0129. The van der Waals surface area contributed by atoms with E-state index in [0.29, 0.717) is 17.1 Å². The van der Waals surface area contributed by atoms with E-state index in [-0.39, 0.29) is 11.8 Å². The number of aromatic amines is 1. The second-order valence-electron chi connectivity index (χ2n) is 7.52. The molecule has 1 saturated heterocycles. The summed E-state index contributed by atoms with van der Waals surface area (Å²) < 4.78 is 0. The monoisotopic (exact) mass is 409 g/mol. The van der Waals surface area contributed by atoms with Crippen molar-refractivity contribution in [1.29, 1.82) is 0 Å². The summed E-state index contributed by atoms with van der Waals surface area (Å²) in [6.07, 6.45) is 3.64. The third-order valence-electron chi connectivity index (χ3n) is 5.38. The van der Waals surface area contributed by atoms with Crippen LogP contribution in [0.5, 0.6) is 0 Å². The van der Waals surface area contributed by atoms with Gasteiger partial charge in [-0.3, -0.25) is 9.59 Å². The maximum atomic E-state index is 13.2. The highest BCUT2D eigenvalue weighted by atomic mass is 35.5. The van der Waals surface area contributed by atoms with Gasteiger partial charge < -0.3 is 15.2 Å². The summed E-state index contributed by atoms with van der Waals surface area (Å²) in [4.78, 5) is 31.1. The van der Waals surface area contributed by atoms with E-state index >= 15 is 0 Å². The van der Waals surface area contributed by atoms with Gasteiger partial charge in [-0.05, 0) is 49.1 Å². The van der Waals surface area contributed by atoms with E-state index in [1.54, 1.807) is 12.1 Å². The topological polar surface area (TPSA) is 65.2 Å². The number of aromatic nitrogens is 1. The Bertz CT molecular complexity index is 1010. The average Bonchev–Trinajstić information content (AvgIpc) is 3.17. The summed E-state index contributed by atoms with van der Waals surface area (Å²) >= 11 is 6.05. The molecular weight excluding hydrogens is 386 g/mol. The van der Waals surface area contributed by atoms with Crippen LogP contribution in [0.3, 0.4) is 0 Å². The van der Waals surface area contributed by atoms with Crippen molar-refractivity contribution in [2.45, 2.75) is 31.7 Å². The number of hydrogen-bond donors (Lipinski definition) is 2. The van der Waals surface area contributed by atoms with Crippen LogP contribution in [0, 0.1) is 0 Å². The first-order valence-corrected chi connectivity index (χ1v) is 10.4. The van der Waals surface area contributed by atoms with Crippen LogP contribution in [0.2, 0.25) is 5.02 Å². The van der Waals surface area contributed by atoms with Crippen molar-refractivity contribution < 1.29 is 9.59 Å². The van der Waals surface area contributed by atoms with Gasteiger partial charge >= 0.3 is 0 Å². The highest BCUT2D eigenvalue weighted by Crippen LogP contribution is 2.20. The first kappa shape index (κ1) is 19.5.